The lowest BCUT2D eigenvalue weighted by molar-refractivity contribution is 0.0835. The molecule has 0 radical (unpaired) electrons. The van der Waals surface area contributed by atoms with Gasteiger partial charge in [0.2, 0.25) is 0 Å². The Kier molecular flexibility index (Phi) is 6.72. The largest absolute Gasteiger partial charge is 0.393 e. The number of aromatic nitrogens is 1. The Hall–Kier alpha value is -2.29. The van der Waals surface area contributed by atoms with Crippen LogP contribution in [0.2, 0.25) is 0 Å². The average molecular weight is 496 g/mol. The first-order valence-corrected chi connectivity index (χ1v) is 13.6. The fourth-order valence-corrected chi connectivity index (χ4v) is 5.54. The molecule has 1 amide bonds. The minimum atomic E-state index is -0.221. The number of nitrogens with one attached hydrogen (secondary N) is 3. The number of aliphatic hydroxyl groups is 1. The molecule has 5 rings (SSSR count). The van der Waals surface area contributed by atoms with Crippen molar-refractivity contribution >= 4 is 35.2 Å². The Morgan fingerprint density at radius 2 is 1.86 bits per heavy atom. The highest BCUT2D eigenvalue weighted by Gasteiger charge is 2.45. The summed E-state index contributed by atoms with van der Waals surface area (Å²) in [5.74, 6) is 1.38. The molecular formula is C27H37N5O2S. The standard InChI is InChI=1S/C27H37N5O2S/c1-26(2,3)31-35-21-6-4-5-18(17-21)29-25(34)22-7-8-23(28-19-15-20(33)16-19)30-24(22)32-13-11-27(9-10-27)12-14-32/h4-8,17,19-20,31,33H,9-16H2,1-3H3,(H,28,30)(H,29,34). The van der Waals surface area contributed by atoms with Crippen LogP contribution in [0, 0.1) is 5.41 Å². The molecule has 1 spiro atoms. The van der Waals surface area contributed by atoms with Gasteiger partial charge in [-0.15, -0.1) is 0 Å². The molecule has 2 aliphatic carbocycles. The first kappa shape index (κ1) is 24.4. The highest BCUT2D eigenvalue weighted by molar-refractivity contribution is 7.97. The number of pyridine rings is 1. The van der Waals surface area contributed by atoms with Gasteiger partial charge in [0, 0.05) is 35.3 Å². The number of carbonyl (C=O) groups is 1. The average Bonchev–Trinajstić information content (AvgIpc) is 3.55. The van der Waals surface area contributed by atoms with Crippen LogP contribution in [0.15, 0.2) is 41.3 Å². The number of hydrogen-bond donors (Lipinski definition) is 4. The molecule has 1 aliphatic heterocycles. The second kappa shape index (κ2) is 9.64. The smallest absolute Gasteiger partial charge is 0.259 e. The van der Waals surface area contributed by atoms with Crippen LogP contribution in [0.25, 0.3) is 0 Å². The number of amides is 1. The topological polar surface area (TPSA) is 89.5 Å². The molecule has 0 unspecified atom stereocenters. The van der Waals surface area contributed by atoms with E-state index >= 15 is 0 Å². The van der Waals surface area contributed by atoms with Crippen molar-refractivity contribution in [3.63, 3.8) is 0 Å². The second-order valence-corrected chi connectivity index (χ2v) is 12.3. The van der Waals surface area contributed by atoms with Crippen molar-refractivity contribution in [1.82, 2.24) is 9.71 Å². The van der Waals surface area contributed by atoms with Gasteiger partial charge >= 0.3 is 0 Å². The van der Waals surface area contributed by atoms with Gasteiger partial charge in [0.25, 0.3) is 5.91 Å². The maximum atomic E-state index is 13.4. The number of piperidine rings is 1. The van der Waals surface area contributed by atoms with E-state index in [1.807, 2.05) is 36.4 Å². The first-order chi connectivity index (χ1) is 16.7. The van der Waals surface area contributed by atoms with Crippen LogP contribution >= 0.6 is 11.9 Å². The molecule has 0 atom stereocenters. The van der Waals surface area contributed by atoms with Crippen LogP contribution in [-0.4, -0.2) is 46.8 Å². The normalized spacial score (nSPS) is 23.0. The van der Waals surface area contributed by atoms with E-state index in [1.165, 1.54) is 25.7 Å². The number of aliphatic hydroxyl groups excluding tert-OH is 1. The predicted octanol–water partition coefficient (Wildman–Crippen LogP) is 5.04. The molecule has 3 aliphatic rings. The highest BCUT2D eigenvalue weighted by Crippen LogP contribution is 2.54. The lowest BCUT2D eigenvalue weighted by atomic mass is 9.89. The number of nitrogens with zero attached hydrogens (tertiary/aromatic N) is 2. The number of hydrogen-bond acceptors (Lipinski definition) is 7. The molecule has 2 heterocycles. The van der Waals surface area contributed by atoms with Crippen LogP contribution < -0.4 is 20.3 Å². The van der Waals surface area contributed by atoms with E-state index in [0.29, 0.717) is 11.0 Å². The molecule has 8 heteroatoms. The van der Waals surface area contributed by atoms with Crippen molar-refractivity contribution in [3.05, 3.63) is 42.0 Å². The quantitative estimate of drug-likeness (QED) is 0.400. The summed E-state index contributed by atoms with van der Waals surface area (Å²) in [5, 5.41) is 16.2. The predicted molar refractivity (Wildman–Crippen MR) is 143 cm³/mol. The van der Waals surface area contributed by atoms with E-state index in [4.69, 9.17) is 4.98 Å². The molecule has 2 aromatic rings. The summed E-state index contributed by atoms with van der Waals surface area (Å²) in [6, 6.07) is 11.9. The number of rotatable bonds is 7. The summed E-state index contributed by atoms with van der Waals surface area (Å²) in [7, 11) is 0. The molecule has 1 aromatic heterocycles. The summed E-state index contributed by atoms with van der Waals surface area (Å²) < 4.78 is 3.41. The third-order valence-corrected chi connectivity index (χ3v) is 8.44. The van der Waals surface area contributed by atoms with Gasteiger partial charge in [-0.05, 0) is 107 Å². The first-order valence-electron chi connectivity index (χ1n) is 12.7. The van der Waals surface area contributed by atoms with Crippen molar-refractivity contribution in [2.24, 2.45) is 5.41 Å². The van der Waals surface area contributed by atoms with E-state index in [1.54, 1.807) is 11.9 Å². The van der Waals surface area contributed by atoms with Gasteiger partial charge in [-0.3, -0.25) is 9.52 Å². The fourth-order valence-electron chi connectivity index (χ4n) is 4.78. The van der Waals surface area contributed by atoms with E-state index in [0.717, 1.165) is 48.1 Å². The summed E-state index contributed by atoms with van der Waals surface area (Å²) >= 11 is 1.56. The molecule has 35 heavy (non-hydrogen) atoms. The van der Waals surface area contributed by atoms with Gasteiger partial charge < -0.3 is 20.6 Å². The van der Waals surface area contributed by atoms with Crippen molar-refractivity contribution in [2.75, 3.05) is 28.6 Å². The van der Waals surface area contributed by atoms with Crippen LogP contribution in [0.5, 0.6) is 0 Å². The Balaban J connectivity index is 1.33. The van der Waals surface area contributed by atoms with Crippen molar-refractivity contribution < 1.29 is 9.90 Å². The van der Waals surface area contributed by atoms with Gasteiger partial charge in [-0.2, -0.15) is 0 Å². The van der Waals surface area contributed by atoms with Crippen molar-refractivity contribution in [1.29, 1.82) is 0 Å². The van der Waals surface area contributed by atoms with E-state index in [-0.39, 0.29) is 23.6 Å². The molecule has 7 nitrogen and oxygen atoms in total. The van der Waals surface area contributed by atoms with Crippen molar-refractivity contribution in [2.45, 2.75) is 81.9 Å². The summed E-state index contributed by atoms with van der Waals surface area (Å²) in [4.78, 5) is 21.7. The molecule has 1 saturated heterocycles. The zero-order valence-corrected chi connectivity index (χ0v) is 21.8. The SMILES string of the molecule is CC(C)(C)NSc1cccc(NC(=O)c2ccc(NC3CC(O)C3)nc2N2CCC3(CC2)CC3)c1. The Morgan fingerprint density at radius 1 is 1.11 bits per heavy atom. The molecular weight excluding hydrogens is 458 g/mol. The summed E-state index contributed by atoms with van der Waals surface area (Å²) in [6.45, 7) is 8.24. The summed E-state index contributed by atoms with van der Waals surface area (Å²) in [6.07, 6.45) is 6.27. The lowest BCUT2D eigenvalue weighted by Crippen LogP contribution is -2.39. The maximum absolute atomic E-state index is 13.4. The maximum Gasteiger partial charge on any atom is 0.259 e. The van der Waals surface area contributed by atoms with Gasteiger partial charge in [0.05, 0.1) is 11.7 Å². The van der Waals surface area contributed by atoms with E-state index in [9.17, 15) is 9.90 Å². The zero-order chi connectivity index (χ0) is 24.6. The minimum Gasteiger partial charge on any atom is -0.393 e. The number of anilines is 3. The second-order valence-electron chi connectivity index (χ2n) is 11.5. The van der Waals surface area contributed by atoms with Gasteiger partial charge in [0.15, 0.2) is 0 Å². The van der Waals surface area contributed by atoms with E-state index < -0.39 is 0 Å². The minimum absolute atomic E-state index is 0.00860. The molecule has 1 aromatic carbocycles. The van der Waals surface area contributed by atoms with E-state index in [2.05, 4.69) is 41.0 Å². The molecule has 188 valence electrons. The third-order valence-electron chi connectivity index (χ3n) is 7.23. The van der Waals surface area contributed by atoms with Crippen LogP contribution in [0.3, 0.4) is 0 Å². The zero-order valence-electron chi connectivity index (χ0n) is 20.9. The third kappa shape index (κ3) is 6.11. The molecule has 3 fully saturated rings. The van der Waals surface area contributed by atoms with Gasteiger partial charge in [0.1, 0.15) is 11.6 Å². The fraction of sp³-hybridized carbons (Fsp3) is 0.556. The Bertz CT molecular complexity index is 1070. The number of carbonyl (C=O) groups excluding carboxylic acids is 1. The summed E-state index contributed by atoms with van der Waals surface area (Å²) in [5.41, 5.74) is 1.91. The van der Waals surface area contributed by atoms with Crippen LogP contribution in [0.1, 0.15) is 69.7 Å². The van der Waals surface area contributed by atoms with Crippen LogP contribution in [-0.2, 0) is 0 Å². The van der Waals surface area contributed by atoms with Gasteiger partial charge in [-0.25, -0.2) is 4.98 Å². The van der Waals surface area contributed by atoms with Crippen molar-refractivity contribution in [3.8, 4) is 0 Å². The monoisotopic (exact) mass is 495 g/mol. The molecule has 0 bridgehead atoms. The Labute approximate surface area is 212 Å². The highest BCUT2D eigenvalue weighted by atomic mass is 32.2. The number of benzene rings is 1. The lowest BCUT2D eigenvalue weighted by Gasteiger charge is -2.35. The molecule has 4 N–H and O–H groups in total. The molecule has 2 saturated carbocycles. The van der Waals surface area contributed by atoms with Crippen LogP contribution in [0.4, 0.5) is 17.3 Å². The van der Waals surface area contributed by atoms with Gasteiger partial charge in [-0.1, -0.05) is 6.07 Å². The Morgan fingerprint density at radius 3 is 2.51 bits per heavy atom.